The SMILES string of the molecule is NC(=O)C=Cc1c[nH]c2ncnc(OC3CCC(F)(F)CC3)c12. The molecule has 0 aliphatic heterocycles. The number of alkyl halides is 2. The summed E-state index contributed by atoms with van der Waals surface area (Å²) in [4.78, 5) is 22.0. The van der Waals surface area contributed by atoms with Gasteiger partial charge in [0.25, 0.3) is 0 Å². The zero-order valence-corrected chi connectivity index (χ0v) is 12.3. The number of nitrogens with zero attached hydrogens (tertiary/aromatic N) is 2. The van der Waals surface area contributed by atoms with Crippen LogP contribution in [0.25, 0.3) is 17.1 Å². The average molecular weight is 322 g/mol. The molecule has 0 aromatic carbocycles. The summed E-state index contributed by atoms with van der Waals surface area (Å²) < 4.78 is 32.3. The Bertz CT molecular complexity index is 747. The topological polar surface area (TPSA) is 93.9 Å². The van der Waals surface area contributed by atoms with Crippen molar-refractivity contribution in [3.05, 3.63) is 24.2 Å². The van der Waals surface area contributed by atoms with Crippen molar-refractivity contribution in [1.29, 1.82) is 0 Å². The monoisotopic (exact) mass is 322 g/mol. The molecule has 1 aliphatic rings. The van der Waals surface area contributed by atoms with Crippen molar-refractivity contribution in [1.82, 2.24) is 15.0 Å². The molecule has 1 saturated carbocycles. The lowest BCUT2D eigenvalue weighted by Gasteiger charge is -2.28. The molecule has 1 amide bonds. The second-order valence-electron chi connectivity index (χ2n) is 5.56. The van der Waals surface area contributed by atoms with E-state index in [-0.39, 0.29) is 31.8 Å². The second-order valence-corrected chi connectivity index (χ2v) is 5.56. The van der Waals surface area contributed by atoms with Crippen molar-refractivity contribution < 1.29 is 18.3 Å². The van der Waals surface area contributed by atoms with Gasteiger partial charge in [-0.2, -0.15) is 0 Å². The fourth-order valence-corrected chi connectivity index (χ4v) is 2.64. The molecule has 0 unspecified atom stereocenters. The summed E-state index contributed by atoms with van der Waals surface area (Å²) in [6, 6.07) is 0. The van der Waals surface area contributed by atoms with Gasteiger partial charge in [-0.05, 0) is 18.9 Å². The number of nitrogens with one attached hydrogen (secondary N) is 1. The molecule has 0 atom stereocenters. The first-order valence-electron chi connectivity index (χ1n) is 7.29. The Hall–Kier alpha value is -2.51. The highest BCUT2D eigenvalue weighted by molar-refractivity contribution is 5.96. The standard InChI is InChI=1S/C15H16F2N4O2/c16-15(17)5-3-10(4-6-15)23-14-12-9(1-2-11(18)22)7-19-13(12)20-8-21-14/h1-2,7-8,10H,3-6H2,(H2,18,22)(H,19,20,21). The molecular weight excluding hydrogens is 306 g/mol. The molecule has 2 heterocycles. The van der Waals surface area contributed by atoms with E-state index in [9.17, 15) is 13.6 Å². The lowest BCUT2D eigenvalue weighted by Crippen LogP contribution is -2.31. The van der Waals surface area contributed by atoms with Crippen LogP contribution in [0.2, 0.25) is 0 Å². The molecule has 3 rings (SSSR count). The minimum atomic E-state index is -2.61. The van der Waals surface area contributed by atoms with Gasteiger partial charge >= 0.3 is 0 Å². The maximum atomic E-state index is 13.2. The van der Waals surface area contributed by atoms with Gasteiger partial charge in [0.2, 0.25) is 17.7 Å². The predicted molar refractivity (Wildman–Crippen MR) is 79.9 cm³/mol. The average Bonchev–Trinajstić information content (AvgIpc) is 2.91. The zero-order chi connectivity index (χ0) is 16.4. The van der Waals surface area contributed by atoms with Gasteiger partial charge < -0.3 is 15.5 Å². The number of carbonyl (C=O) groups is 1. The van der Waals surface area contributed by atoms with Crippen molar-refractivity contribution in [3.63, 3.8) is 0 Å². The van der Waals surface area contributed by atoms with Crippen molar-refractivity contribution in [2.45, 2.75) is 37.7 Å². The third-order valence-corrected chi connectivity index (χ3v) is 3.84. The second kappa shape index (κ2) is 5.94. The van der Waals surface area contributed by atoms with E-state index in [0.717, 1.165) is 0 Å². The number of fused-ring (bicyclic) bond motifs is 1. The number of primary amides is 1. The lowest BCUT2D eigenvalue weighted by atomic mass is 9.94. The number of rotatable bonds is 4. The van der Waals surface area contributed by atoms with E-state index >= 15 is 0 Å². The number of nitrogens with two attached hydrogens (primary N) is 1. The number of hydrogen-bond donors (Lipinski definition) is 2. The Balaban J connectivity index is 1.86. The van der Waals surface area contributed by atoms with Crippen molar-refractivity contribution >= 4 is 23.0 Å². The molecule has 6 nitrogen and oxygen atoms in total. The molecule has 0 radical (unpaired) electrons. The van der Waals surface area contributed by atoms with E-state index in [2.05, 4.69) is 15.0 Å². The summed E-state index contributed by atoms with van der Waals surface area (Å²) in [6.07, 6.45) is 5.61. The van der Waals surface area contributed by atoms with Crippen LogP contribution in [0.5, 0.6) is 5.88 Å². The molecule has 2 aromatic heterocycles. The minimum Gasteiger partial charge on any atom is -0.474 e. The highest BCUT2D eigenvalue weighted by Crippen LogP contribution is 2.36. The highest BCUT2D eigenvalue weighted by atomic mass is 19.3. The first-order valence-corrected chi connectivity index (χ1v) is 7.29. The van der Waals surface area contributed by atoms with Gasteiger partial charge in [-0.1, -0.05) is 0 Å². The van der Waals surface area contributed by atoms with Gasteiger partial charge in [0, 0.05) is 30.7 Å². The fourth-order valence-electron chi connectivity index (χ4n) is 2.64. The molecule has 0 saturated heterocycles. The smallest absolute Gasteiger partial charge is 0.248 e. The van der Waals surface area contributed by atoms with Crippen LogP contribution < -0.4 is 10.5 Å². The molecule has 122 valence electrons. The van der Waals surface area contributed by atoms with Gasteiger partial charge in [0.1, 0.15) is 18.1 Å². The molecular formula is C15H16F2N4O2. The van der Waals surface area contributed by atoms with E-state index in [1.165, 1.54) is 18.5 Å². The fraction of sp³-hybridized carbons (Fsp3) is 0.400. The summed E-state index contributed by atoms with van der Waals surface area (Å²) in [5, 5.41) is 0.599. The number of ether oxygens (including phenoxy) is 1. The predicted octanol–water partition coefficient (Wildman–Crippen LogP) is 2.41. The Labute approximate surface area is 130 Å². The Morgan fingerprint density at radius 1 is 1.39 bits per heavy atom. The number of aromatic nitrogens is 3. The molecule has 2 aromatic rings. The third-order valence-electron chi connectivity index (χ3n) is 3.84. The van der Waals surface area contributed by atoms with Gasteiger partial charge in [-0.25, -0.2) is 18.7 Å². The Morgan fingerprint density at radius 2 is 2.13 bits per heavy atom. The van der Waals surface area contributed by atoms with Crippen LogP contribution in [0, 0.1) is 0 Å². The van der Waals surface area contributed by atoms with Crippen LogP contribution in [-0.2, 0) is 4.79 Å². The van der Waals surface area contributed by atoms with Gasteiger partial charge in [-0.15, -0.1) is 0 Å². The van der Waals surface area contributed by atoms with Crippen molar-refractivity contribution in [2.75, 3.05) is 0 Å². The van der Waals surface area contributed by atoms with Crippen LogP contribution in [-0.4, -0.2) is 32.9 Å². The van der Waals surface area contributed by atoms with Crippen LogP contribution in [0.15, 0.2) is 18.6 Å². The van der Waals surface area contributed by atoms with Crippen molar-refractivity contribution in [3.8, 4) is 5.88 Å². The molecule has 23 heavy (non-hydrogen) atoms. The van der Waals surface area contributed by atoms with E-state index < -0.39 is 11.8 Å². The van der Waals surface area contributed by atoms with Gasteiger partial charge in [0.05, 0.1) is 5.39 Å². The number of amides is 1. The van der Waals surface area contributed by atoms with Crippen LogP contribution in [0.4, 0.5) is 8.78 Å². The lowest BCUT2D eigenvalue weighted by molar-refractivity contribution is -0.113. The molecule has 0 bridgehead atoms. The number of hydrogen-bond acceptors (Lipinski definition) is 4. The Kier molecular flexibility index (Phi) is 3.97. The first kappa shape index (κ1) is 15.4. The molecule has 3 N–H and O–H groups in total. The van der Waals surface area contributed by atoms with Crippen LogP contribution >= 0.6 is 0 Å². The number of halogens is 2. The largest absolute Gasteiger partial charge is 0.474 e. The third kappa shape index (κ3) is 3.46. The summed E-state index contributed by atoms with van der Waals surface area (Å²) in [5.74, 6) is -2.87. The van der Waals surface area contributed by atoms with E-state index in [1.54, 1.807) is 6.20 Å². The summed E-state index contributed by atoms with van der Waals surface area (Å²) in [7, 11) is 0. The first-order chi connectivity index (χ1) is 10.9. The maximum absolute atomic E-state index is 13.2. The summed E-state index contributed by atoms with van der Waals surface area (Å²) >= 11 is 0. The Morgan fingerprint density at radius 3 is 2.83 bits per heavy atom. The van der Waals surface area contributed by atoms with Crippen LogP contribution in [0.1, 0.15) is 31.2 Å². The maximum Gasteiger partial charge on any atom is 0.248 e. The molecule has 1 fully saturated rings. The van der Waals surface area contributed by atoms with E-state index in [1.807, 2.05) is 0 Å². The van der Waals surface area contributed by atoms with Crippen molar-refractivity contribution in [2.24, 2.45) is 5.73 Å². The summed E-state index contributed by atoms with van der Waals surface area (Å²) in [5.41, 5.74) is 6.29. The van der Waals surface area contributed by atoms with Crippen LogP contribution in [0.3, 0.4) is 0 Å². The summed E-state index contributed by atoms with van der Waals surface area (Å²) in [6.45, 7) is 0. The molecule has 1 aliphatic carbocycles. The molecule has 8 heteroatoms. The van der Waals surface area contributed by atoms with Gasteiger partial charge in [0.15, 0.2) is 0 Å². The number of carbonyl (C=O) groups excluding carboxylic acids is 1. The normalized spacial score (nSPS) is 18.5. The quantitative estimate of drug-likeness (QED) is 0.845. The zero-order valence-electron chi connectivity index (χ0n) is 12.3. The molecule has 0 spiro atoms. The number of H-pyrrole nitrogens is 1. The van der Waals surface area contributed by atoms with E-state index in [4.69, 9.17) is 10.5 Å². The number of aromatic amines is 1. The van der Waals surface area contributed by atoms with Gasteiger partial charge in [-0.3, -0.25) is 4.79 Å². The minimum absolute atomic E-state index is 0.187. The highest BCUT2D eigenvalue weighted by Gasteiger charge is 2.36. The van der Waals surface area contributed by atoms with E-state index in [0.29, 0.717) is 22.5 Å².